The number of amides is 2. The van der Waals surface area contributed by atoms with Crippen LogP contribution in [0.15, 0.2) is 66.9 Å². The molecule has 3 aromatic rings. The molecule has 6 nitrogen and oxygen atoms in total. The second-order valence-electron chi connectivity index (χ2n) is 6.70. The Morgan fingerprint density at radius 2 is 1.69 bits per heavy atom. The number of hydrogen-bond acceptors (Lipinski definition) is 4. The van der Waals surface area contributed by atoms with Gasteiger partial charge in [0.1, 0.15) is 5.82 Å². The average molecular weight is 388 g/mol. The van der Waals surface area contributed by atoms with Gasteiger partial charge < -0.3 is 16.0 Å². The van der Waals surface area contributed by atoms with Crippen molar-refractivity contribution in [3.8, 4) is 0 Å². The molecule has 0 atom stereocenters. The topological polar surface area (TPSA) is 83.1 Å². The van der Waals surface area contributed by atoms with Crippen LogP contribution in [0, 0.1) is 6.92 Å². The number of hydrogen-bond donors (Lipinski definition) is 3. The van der Waals surface area contributed by atoms with Crippen molar-refractivity contribution in [3.63, 3.8) is 0 Å². The number of aromatic nitrogens is 1. The fourth-order valence-corrected chi connectivity index (χ4v) is 2.86. The Kier molecular flexibility index (Phi) is 6.58. The molecule has 0 bridgehead atoms. The van der Waals surface area contributed by atoms with Crippen molar-refractivity contribution >= 4 is 17.6 Å². The molecule has 2 aromatic carbocycles. The maximum atomic E-state index is 12.5. The van der Waals surface area contributed by atoms with E-state index in [1.54, 1.807) is 31.4 Å². The lowest BCUT2D eigenvalue weighted by molar-refractivity contribution is 0.0947. The van der Waals surface area contributed by atoms with Crippen LogP contribution in [-0.2, 0) is 13.1 Å². The molecule has 0 saturated heterocycles. The number of carbonyl (C=O) groups excluding carboxylic acids is 2. The molecule has 0 spiro atoms. The number of benzene rings is 2. The summed E-state index contributed by atoms with van der Waals surface area (Å²) in [4.78, 5) is 28.7. The largest absolute Gasteiger partial charge is 0.365 e. The third-order valence-electron chi connectivity index (χ3n) is 4.50. The van der Waals surface area contributed by atoms with Crippen molar-refractivity contribution in [1.82, 2.24) is 15.6 Å². The van der Waals surface area contributed by atoms with E-state index in [2.05, 4.69) is 20.9 Å². The van der Waals surface area contributed by atoms with Crippen molar-refractivity contribution in [2.75, 3.05) is 12.4 Å². The lowest BCUT2D eigenvalue weighted by atomic mass is 10.1. The molecule has 1 aromatic heterocycles. The molecule has 148 valence electrons. The van der Waals surface area contributed by atoms with Gasteiger partial charge in [-0.1, -0.05) is 42.0 Å². The Bertz CT molecular complexity index is 1000. The summed E-state index contributed by atoms with van der Waals surface area (Å²) in [6, 6.07) is 18.9. The first-order valence-electron chi connectivity index (χ1n) is 9.40. The Balaban J connectivity index is 1.63. The van der Waals surface area contributed by atoms with Crippen molar-refractivity contribution in [1.29, 1.82) is 0 Å². The number of carbonyl (C=O) groups is 2. The summed E-state index contributed by atoms with van der Waals surface area (Å²) in [7, 11) is 1.58. The maximum absolute atomic E-state index is 12.5. The van der Waals surface area contributed by atoms with E-state index in [-0.39, 0.29) is 11.8 Å². The van der Waals surface area contributed by atoms with Crippen molar-refractivity contribution in [2.45, 2.75) is 20.0 Å². The number of pyridine rings is 1. The summed E-state index contributed by atoms with van der Waals surface area (Å²) in [5.41, 5.74) is 4.22. The van der Waals surface area contributed by atoms with Gasteiger partial charge in [0.15, 0.2) is 0 Å². The molecular weight excluding hydrogens is 364 g/mol. The van der Waals surface area contributed by atoms with Crippen LogP contribution in [0.4, 0.5) is 5.82 Å². The van der Waals surface area contributed by atoms with E-state index in [4.69, 9.17) is 0 Å². The van der Waals surface area contributed by atoms with E-state index >= 15 is 0 Å². The first kappa shape index (κ1) is 20.1. The Morgan fingerprint density at radius 3 is 2.45 bits per heavy atom. The van der Waals surface area contributed by atoms with E-state index in [1.807, 2.05) is 49.4 Å². The summed E-state index contributed by atoms with van der Waals surface area (Å²) in [6.45, 7) is 2.95. The summed E-state index contributed by atoms with van der Waals surface area (Å²) in [5.74, 6) is 0.169. The minimum absolute atomic E-state index is 0.128. The monoisotopic (exact) mass is 388 g/mol. The van der Waals surface area contributed by atoms with Crippen LogP contribution in [0.2, 0.25) is 0 Å². The van der Waals surface area contributed by atoms with E-state index in [0.717, 1.165) is 11.1 Å². The smallest absolute Gasteiger partial charge is 0.254 e. The van der Waals surface area contributed by atoms with Gasteiger partial charge in [-0.25, -0.2) is 4.98 Å². The van der Waals surface area contributed by atoms with Crippen LogP contribution in [0.25, 0.3) is 0 Å². The van der Waals surface area contributed by atoms with Gasteiger partial charge in [0, 0.05) is 31.9 Å². The Hall–Kier alpha value is -3.67. The van der Waals surface area contributed by atoms with Crippen molar-refractivity contribution < 1.29 is 9.59 Å². The summed E-state index contributed by atoms with van der Waals surface area (Å²) in [6.07, 6.45) is 1.63. The van der Waals surface area contributed by atoms with Crippen LogP contribution in [-0.4, -0.2) is 23.8 Å². The van der Waals surface area contributed by atoms with Gasteiger partial charge in [-0.05, 0) is 42.3 Å². The first-order chi connectivity index (χ1) is 14.1. The summed E-state index contributed by atoms with van der Waals surface area (Å²) in [5, 5.41) is 8.72. The van der Waals surface area contributed by atoms with Crippen LogP contribution in [0.5, 0.6) is 0 Å². The molecule has 0 unspecified atom stereocenters. The predicted octanol–water partition coefficient (Wildman–Crippen LogP) is 3.29. The molecule has 3 rings (SSSR count). The molecule has 0 aliphatic rings. The van der Waals surface area contributed by atoms with Crippen LogP contribution < -0.4 is 16.0 Å². The van der Waals surface area contributed by atoms with Gasteiger partial charge in [0.25, 0.3) is 11.8 Å². The Morgan fingerprint density at radius 1 is 0.897 bits per heavy atom. The number of aryl methyl sites for hydroxylation is 1. The average Bonchev–Trinajstić information content (AvgIpc) is 2.77. The quantitative estimate of drug-likeness (QED) is 0.580. The molecule has 0 aliphatic carbocycles. The lowest BCUT2D eigenvalue weighted by Gasteiger charge is -2.11. The second kappa shape index (κ2) is 9.50. The van der Waals surface area contributed by atoms with Gasteiger partial charge in [-0.15, -0.1) is 0 Å². The SMILES string of the molecule is CNC(=O)c1cccnc1NCc1cccc(C(=O)NCc2ccc(C)cc2)c1. The highest BCUT2D eigenvalue weighted by atomic mass is 16.2. The molecule has 29 heavy (non-hydrogen) atoms. The third-order valence-corrected chi connectivity index (χ3v) is 4.50. The zero-order chi connectivity index (χ0) is 20.6. The van der Waals surface area contributed by atoms with E-state index < -0.39 is 0 Å². The number of anilines is 1. The molecule has 6 heteroatoms. The van der Waals surface area contributed by atoms with Gasteiger partial charge in [0.2, 0.25) is 0 Å². The second-order valence-corrected chi connectivity index (χ2v) is 6.70. The molecular formula is C23H24N4O2. The summed E-state index contributed by atoms with van der Waals surface area (Å²) < 4.78 is 0. The molecule has 3 N–H and O–H groups in total. The fourth-order valence-electron chi connectivity index (χ4n) is 2.86. The van der Waals surface area contributed by atoms with Crippen molar-refractivity contribution in [3.05, 3.63) is 94.7 Å². The van der Waals surface area contributed by atoms with Crippen molar-refractivity contribution in [2.24, 2.45) is 0 Å². The zero-order valence-electron chi connectivity index (χ0n) is 16.5. The number of rotatable bonds is 7. The third kappa shape index (κ3) is 5.42. The van der Waals surface area contributed by atoms with Gasteiger partial charge in [-0.3, -0.25) is 9.59 Å². The zero-order valence-corrected chi connectivity index (χ0v) is 16.5. The molecule has 0 aliphatic heterocycles. The first-order valence-corrected chi connectivity index (χ1v) is 9.40. The molecule has 0 fully saturated rings. The van der Waals surface area contributed by atoms with Crippen LogP contribution in [0.3, 0.4) is 0 Å². The standard InChI is InChI=1S/C23H24N4O2/c1-16-8-10-17(11-9-16)14-27-22(28)19-6-3-5-18(13-19)15-26-21-20(23(29)24-2)7-4-12-25-21/h3-13H,14-15H2,1-2H3,(H,24,29)(H,25,26)(H,27,28). The summed E-state index contributed by atoms with van der Waals surface area (Å²) >= 11 is 0. The Labute approximate surface area is 170 Å². The molecule has 0 saturated carbocycles. The number of nitrogens with zero attached hydrogens (tertiary/aromatic N) is 1. The highest BCUT2D eigenvalue weighted by Gasteiger charge is 2.11. The van der Waals surface area contributed by atoms with E-state index in [0.29, 0.717) is 30.0 Å². The van der Waals surface area contributed by atoms with Gasteiger partial charge in [-0.2, -0.15) is 0 Å². The highest BCUT2D eigenvalue weighted by molar-refractivity contribution is 5.98. The lowest BCUT2D eigenvalue weighted by Crippen LogP contribution is -2.23. The van der Waals surface area contributed by atoms with Crippen LogP contribution in [0.1, 0.15) is 37.4 Å². The van der Waals surface area contributed by atoms with Crippen LogP contribution >= 0.6 is 0 Å². The molecule has 2 amide bonds. The number of nitrogens with one attached hydrogen (secondary N) is 3. The molecule has 0 radical (unpaired) electrons. The van der Waals surface area contributed by atoms with Gasteiger partial charge >= 0.3 is 0 Å². The minimum Gasteiger partial charge on any atom is -0.365 e. The van der Waals surface area contributed by atoms with E-state index in [1.165, 1.54) is 5.56 Å². The predicted molar refractivity (Wildman–Crippen MR) is 114 cm³/mol. The van der Waals surface area contributed by atoms with E-state index in [9.17, 15) is 9.59 Å². The normalized spacial score (nSPS) is 10.3. The molecule has 1 heterocycles. The maximum Gasteiger partial charge on any atom is 0.254 e. The minimum atomic E-state index is -0.204. The fraction of sp³-hybridized carbons (Fsp3) is 0.174. The van der Waals surface area contributed by atoms with Gasteiger partial charge in [0.05, 0.1) is 5.56 Å². The highest BCUT2D eigenvalue weighted by Crippen LogP contribution is 2.14.